The summed E-state index contributed by atoms with van der Waals surface area (Å²) in [6.45, 7) is 0. The number of nitriles is 1. The third-order valence-electron chi connectivity index (χ3n) is 4.72. The Labute approximate surface area is 213 Å². The number of rotatable bonds is 4. The third kappa shape index (κ3) is 5.09. The van der Waals surface area contributed by atoms with Crippen molar-refractivity contribution in [3.63, 3.8) is 0 Å². The molecule has 0 atom stereocenters. The van der Waals surface area contributed by atoms with Crippen molar-refractivity contribution >= 4 is 69.4 Å². The molecule has 0 aliphatic carbocycles. The molecular weight excluding hydrogens is 513 g/mol. The van der Waals surface area contributed by atoms with Gasteiger partial charge in [-0.3, -0.25) is 14.2 Å². The van der Waals surface area contributed by atoms with Crippen molar-refractivity contribution in [2.45, 2.75) is 0 Å². The van der Waals surface area contributed by atoms with E-state index in [1.807, 2.05) is 12.1 Å². The summed E-state index contributed by atoms with van der Waals surface area (Å²) in [6.07, 6.45) is 1.61. The second kappa shape index (κ2) is 10.3. The van der Waals surface area contributed by atoms with E-state index in [2.05, 4.69) is 5.32 Å². The molecule has 34 heavy (non-hydrogen) atoms. The first-order valence-electron chi connectivity index (χ1n) is 9.83. The maximum Gasteiger partial charge on any atom is 0.273 e. The van der Waals surface area contributed by atoms with E-state index in [1.165, 1.54) is 4.57 Å². The number of hydrogen-bond donors (Lipinski definition) is 1. The van der Waals surface area contributed by atoms with Crippen molar-refractivity contribution in [1.29, 1.82) is 5.26 Å². The van der Waals surface area contributed by atoms with Gasteiger partial charge < -0.3 is 5.32 Å². The fraction of sp³-hybridized carbons (Fsp3) is 0. The van der Waals surface area contributed by atoms with Crippen LogP contribution in [0, 0.1) is 11.3 Å². The minimum Gasteiger partial charge on any atom is -0.321 e. The molecule has 0 aliphatic rings. The SMILES string of the molecule is N#C/C(C(=O)Nc1cccc(Cl)c1)=c1/s/c(=C/c2ccc(Cl)cc2Cl)c(=O)n1-c1ccccc1. The molecule has 0 spiro atoms. The smallest absolute Gasteiger partial charge is 0.273 e. The van der Waals surface area contributed by atoms with Gasteiger partial charge >= 0.3 is 0 Å². The summed E-state index contributed by atoms with van der Waals surface area (Å²) in [6, 6.07) is 22.2. The van der Waals surface area contributed by atoms with Crippen LogP contribution in [0.5, 0.6) is 0 Å². The Morgan fingerprint density at radius 2 is 1.71 bits per heavy atom. The summed E-state index contributed by atoms with van der Waals surface area (Å²) in [4.78, 5) is 26.5. The van der Waals surface area contributed by atoms with Crippen LogP contribution in [0.4, 0.5) is 5.69 Å². The van der Waals surface area contributed by atoms with Gasteiger partial charge in [0.1, 0.15) is 10.7 Å². The summed E-state index contributed by atoms with van der Waals surface area (Å²) in [7, 11) is 0. The van der Waals surface area contributed by atoms with Crippen LogP contribution >= 0.6 is 46.1 Å². The average molecular weight is 527 g/mol. The van der Waals surface area contributed by atoms with E-state index in [0.29, 0.717) is 36.5 Å². The molecule has 0 radical (unpaired) electrons. The zero-order valence-electron chi connectivity index (χ0n) is 17.3. The Morgan fingerprint density at radius 1 is 0.971 bits per heavy atom. The second-order valence-electron chi connectivity index (χ2n) is 7.01. The van der Waals surface area contributed by atoms with Gasteiger partial charge in [-0.2, -0.15) is 5.26 Å². The van der Waals surface area contributed by atoms with Gasteiger partial charge in [0.2, 0.25) is 0 Å². The molecule has 1 amide bonds. The molecule has 0 fully saturated rings. The number of halogens is 3. The number of amides is 1. The first-order chi connectivity index (χ1) is 16.4. The van der Waals surface area contributed by atoms with E-state index in [4.69, 9.17) is 34.8 Å². The summed E-state index contributed by atoms with van der Waals surface area (Å²) in [5.74, 6) is -0.660. The van der Waals surface area contributed by atoms with Gasteiger partial charge in [-0.05, 0) is 54.1 Å². The number of carbonyl (C=O) groups excluding carboxylic acids is 1. The van der Waals surface area contributed by atoms with Gasteiger partial charge in [-0.25, -0.2) is 0 Å². The molecule has 0 saturated heterocycles. The number of nitrogens with zero attached hydrogens (tertiary/aromatic N) is 2. The predicted molar refractivity (Wildman–Crippen MR) is 138 cm³/mol. The molecule has 3 aromatic carbocycles. The fourth-order valence-electron chi connectivity index (χ4n) is 3.18. The molecule has 0 unspecified atom stereocenters. The highest BCUT2D eigenvalue weighted by molar-refractivity contribution is 7.07. The summed E-state index contributed by atoms with van der Waals surface area (Å²) < 4.78 is 1.83. The van der Waals surface area contributed by atoms with Gasteiger partial charge in [0.25, 0.3) is 11.5 Å². The van der Waals surface area contributed by atoms with Crippen LogP contribution < -0.4 is 20.1 Å². The molecule has 1 aromatic heterocycles. The number of aromatic nitrogens is 1. The topological polar surface area (TPSA) is 74.9 Å². The average Bonchev–Trinajstić information content (AvgIpc) is 3.12. The molecule has 4 rings (SSSR count). The molecule has 0 bridgehead atoms. The standard InChI is InChI=1S/C25H14Cl3N3O2S/c26-16-5-4-6-18(12-16)30-23(32)20(14-29)25-31(19-7-2-1-3-8-19)24(33)22(34-25)11-15-9-10-17(27)13-21(15)28/h1-13H,(H,30,32)/b22-11+,25-20-. The van der Waals surface area contributed by atoms with E-state index in [9.17, 15) is 14.9 Å². The maximum atomic E-state index is 13.4. The number of para-hydroxylation sites is 1. The Kier molecular flexibility index (Phi) is 7.20. The van der Waals surface area contributed by atoms with Gasteiger partial charge in [-0.15, -0.1) is 11.3 Å². The number of hydrogen-bond acceptors (Lipinski definition) is 4. The summed E-state index contributed by atoms with van der Waals surface area (Å²) in [5.41, 5.74) is 0.922. The highest BCUT2D eigenvalue weighted by Crippen LogP contribution is 2.21. The van der Waals surface area contributed by atoms with Crippen LogP contribution in [-0.4, -0.2) is 10.5 Å². The molecule has 1 heterocycles. The minimum atomic E-state index is -0.660. The van der Waals surface area contributed by atoms with Crippen LogP contribution in [0.25, 0.3) is 17.3 Å². The van der Waals surface area contributed by atoms with E-state index in [-0.39, 0.29) is 15.8 Å². The van der Waals surface area contributed by atoms with Crippen LogP contribution in [-0.2, 0) is 4.79 Å². The molecule has 5 nitrogen and oxygen atoms in total. The number of benzene rings is 3. The number of carbonyl (C=O) groups is 1. The van der Waals surface area contributed by atoms with E-state index in [1.54, 1.807) is 72.8 Å². The largest absolute Gasteiger partial charge is 0.321 e. The van der Waals surface area contributed by atoms with Gasteiger partial charge in [0.05, 0.1) is 10.2 Å². The zero-order valence-corrected chi connectivity index (χ0v) is 20.3. The lowest BCUT2D eigenvalue weighted by Crippen LogP contribution is -2.32. The molecule has 4 aromatic rings. The lowest BCUT2D eigenvalue weighted by molar-refractivity contribution is -0.111. The van der Waals surface area contributed by atoms with Gasteiger partial charge in [0.15, 0.2) is 5.57 Å². The molecule has 9 heteroatoms. The lowest BCUT2D eigenvalue weighted by atomic mass is 10.2. The van der Waals surface area contributed by atoms with E-state index in [0.717, 1.165) is 11.3 Å². The van der Waals surface area contributed by atoms with Crippen molar-refractivity contribution in [3.05, 3.63) is 113 Å². The number of anilines is 1. The van der Waals surface area contributed by atoms with E-state index >= 15 is 0 Å². The van der Waals surface area contributed by atoms with Gasteiger partial charge in [-0.1, -0.05) is 65.1 Å². The Balaban J connectivity index is 1.96. The van der Waals surface area contributed by atoms with Crippen LogP contribution in [0.1, 0.15) is 5.56 Å². The molecule has 0 aliphatic heterocycles. The first-order valence-corrected chi connectivity index (χ1v) is 11.8. The zero-order chi connectivity index (χ0) is 24.2. The van der Waals surface area contributed by atoms with Crippen LogP contribution in [0.2, 0.25) is 15.1 Å². The predicted octanol–water partition coefficient (Wildman–Crippen LogP) is 5.00. The molecule has 0 saturated carbocycles. The highest BCUT2D eigenvalue weighted by atomic mass is 35.5. The summed E-state index contributed by atoms with van der Waals surface area (Å²) in [5, 5.41) is 13.8. The fourth-order valence-corrected chi connectivity index (χ4v) is 4.92. The Morgan fingerprint density at radius 3 is 2.38 bits per heavy atom. The van der Waals surface area contributed by atoms with Gasteiger partial charge in [0, 0.05) is 20.8 Å². The van der Waals surface area contributed by atoms with Crippen molar-refractivity contribution < 1.29 is 4.79 Å². The Bertz CT molecular complexity index is 1620. The molecule has 168 valence electrons. The summed E-state index contributed by atoms with van der Waals surface area (Å²) >= 11 is 19.3. The van der Waals surface area contributed by atoms with E-state index < -0.39 is 5.91 Å². The number of thiazole rings is 1. The third-order valence-corrected chi connectivity index (χ3v) is 6.61. The van der Waals surface area contributed by atoms with Crippen molar-refractivity contribution in [3.8, 4) is 11.8 Å². The normalized spacial score (nSPS) is 12.2. The van der Waals surface area contributed by atoms with Crippen molar-refractivity contribution in [2.75, 3.05) is 5.32 Å². The Hall–Kier alpha value is -3.34. The highest BCUT2D eigenvalue weighted by Gasteiger charge is 2.17. The van der Waals surface area contributed by atoms with Crippen molar-refractivity contribution in [1.82, 2.24) is 4.57 Å². The number of nitrogens with one attached hydrogen (secondary N) is 1. The molecule has 1 N–H and O–H groups in total. The van der Waals surface area contributed by atoms with Crippen LogP contribution in [0.15, 0.2) is 77.6 Å². The lowest BCUT2D eigenvalue weighted by Gasteiger charge is -2.06. The first kappa shape index (κ1) is 23.8. The minimum absolute atomic E-state index is 0.189. The second-order valence-corrected chi connectivity index (χ2v) is 9.32. The maximum absolute atomic E-state index is 13.4. The quantitative estimate of drug-likeness (QED) is 0.407. The monoisotopic (exact) mass is 525 g/mol. The molecular formula is C25H14Cl3N3O2S. The van der Waals surface area contributed by atoms with Crippen molar-refractivity contribution in [2.24, 2.45) is 0 Å². The van der Waals surface area contributed by atoms with Crippen LogP contribution in [0.3, 0.4) is 0 Å².